The molecule has 0 spiro atoms. The van der Waals surface area contributed by atoms with Gasteiger partial charge in [0.15, 0.2) is 0 Å². The summed E-state index contributed by atoms with van der Waals surface area (Å²) < 4.78 is 61.5. The summed E-state index contributed by atoms with van der Waals surface area (Å²) >= 11 is 0.433. The van der Waals surface area contributed by atoms with E-state index in [-0.39, 0.29) is 12.4 Å². The number of hydrogen-bond acceptors (Lipinski definition) is 4. The van der Waals surface area contributed by atoms with Crippen LogP contribution >= 0.6 is 23.7 Å². The van der Waals surface area contributed by atoms with Crippen LogP contribution < -0.4 is 5.73 Å². The van der Waals surface area contributed by atoms with Crippen molar-refractivity contribution in [2.75, 3.05) is 0 Å². The van der Waals surface area contributed by atoms with Gasteiger partial charge in [0.05, 0.1) is 4.92 Å². The maximum absolute atomic E-state index is 12.8. The number of nitro groups is 1. The second-order valence-corrected chi connectivity index (χ2v) is 3.96. The van der Waals surface area contributed by atoms with Crippen LogP contribution in [0.5, 0.6) is 0 Å². The fourth-order valence-corrected chi connectivity index (χ4v) is 1.75. The molecule has 0 saturated carbocycles. The van der Waals surface area contributed by atoms with Crippen LogP contribution in [-0.4, -0.2) is 17.0 Å². The smallest absolute Gasteiger partial charge is 0.319 e. The Hall–Kier alpha value is -1.00. The van der Waals surface area contributed by atoms with E-state index in [9.17, 15) is 32.1 Å². The topological polar surface area (TPSA) is 69.2 Å². The number of halogens is 6. The van der Waals surface area contributed by atoms with Crippen molar-refractivity contribution in [2.45, 2.75) is 18.1 Å². The maximum Gasteiger partial charge on any atom is 0.455 e. The average molecular weight is 313 g/mol. The van der Waals surface area contributed by atoms with Crippen molar-refractivity contribution in [2.24, 2.45) is 5.73 Å². The van der Waals surface area contributed by atoms with E-state index < -0.39 is 33.6 Å². The summed E-state index contributed by atoms with van der Waals surface area (Å²) in [5.41, 5.74) is 4.17. The van der Waals surface area contributed by atoms with E-state index in [2.05, 4.69) is 0 Å². The summed E-state index contributed by atoms with van der Waals surface area (Å²) in [6.45, 7) is 0. The molecule has 1 rings (SSSR count). The molecule has 1 atom stereocenters. The first kappa shape index (κ1) is 17.0. The molecule has 11 heteroatoms. The Morgan fingerprint density at radius 1 is 1.33 bits per heavy atom. The minimum atomic E-state index is -5.80. The predicted octanol–water partition coefficient (Wildman–Crippen LogP) is 3.28. The molecule has 0 aliphatic heterocycles. The lowest BCUT2D eigenvalue weighted by molar-refractivity contribution is -0.380. The molecule has 0 bridgehead atoms. The van der Waals surface area contributed by atoms with Crippen LogP contribution in [0.1, 0.15) is 11.6 Å². The standard InChI is InChI=1S/C7H5F5N2O2S.ClH/c8-6(9,7(10,11)12)5(13)3-1-4(14(15)16)17-2-3;/h1-2,5H,13H2;1H/t5-;/m0./s1. The van der Waals surface area contributed by atoms with Gasteiger partial charge in [0.25, 0.3) is 0 Å². The molecule has 104 valence electrons. The van der Waals surface area contributed by atoms with Crippen molar-refractivity contribution in [3.63, 3.8) is 0 Å². The lowest BCUT2D eigenvalue weighted by atomic mass is 10.0. The maximum atomic E-state index is 12.8. The van der Waals surface area contributed by atoms with E-state index in [1.807, 2.05) is 0 Å². The van der Waals surface area contributed by atoms with Crippen LogP contribution in [0.15, 0.2) is 11.4 Å². The summed E-state index contributed by atoms with van der Waals surface area (Å²) in [4.78, 5) is 9.35. The largest absolute Gasteiger partial charge is 0.455 e. The Morgan fingerprint density at radius 3 is 2.17 bits per heavy atom. The molecular weight excluding hydrogens is 307 g/mol. The second-order valence-electron chi connectivity index (χ2n) is 3.07. The predicted molar refractivity (Wildman–Crippen MR) is 56.2 cm³/mol. The number of nitrogens with two attached hydrogens (primary N) is 1. The molecule has 0 aromatic carbocycles. The van der Waals surface area contributed by atoms with Crippen molar-refractivity contribution in [3.05, 3.63) is 27.1 Å². The molecular formula is C7H6ClF5N2O2S. The normalized spacial score (nSPS) is 13.9. The van der Waals surface area contributed by atoms with Gasteiger partial charge < -0.3 is 5.73 Å². The lowest BCUT2D eigenvalue weighted by Gasteiger charge is -2.24. The van der Waals surface area contributed by atoms with E-state index in [1.54, 1.807) is 0 Å². The Labute approximate surface area is 107 Å². The van der Waals surface area contributed by atoms with Gasteiger partial charge in [0.2, 0.25) is 0 Å². The molecule has 0 aliphatic rings. The van der Waals surface area contributed by atoms with Crippen LogP contribution in [0.4, 0.5) is 27.0 Å². The summed E-state index contributed by atoms with van der Waals surface area (Å²) in [6.07, 6.45) is -5.80. The molecule has 0 saturated heterocycles. The van der Waals surface area contributed by atoms with Crippen molar-refractivity contribution in [3.8, 4) is 0 Å². The Bertz CT molecular complexity index is 436. The van der Waals surface area contributed by atoms with Gasteiger partial charge in [-0.15, -0.1) is 12.4 Å². The molecule has 0 amide bonds. The summed E-state index contributed by atoms with van der Waals surface area (Å²) in [5, 5.41) is 10.5. The fourth-order valence-electron chi connectivity index (χ4n) is 0.983. The zero-order chi connectivity index (χ0) is 13.4. The Balaban J connectivity index is 0.00000289. The minimum Gasteiger partial charge on any atom is -0.319 e. The third kappa shape index (κ3) is 3.06. The molecule has 0 unspecified atom stereocenters. The first-order valence-corrected chi connectivity index (χ1v) is 4.88. The molecule has 1 heterocycles. The first-order valence-electron chi connectivity index (χ1n) is 4.00. The molecule has 1 aromatic rings. The van der Waals surface area contributed by atoms with Gasteiger partial charge in [-0.25, -0.2) is 0 Å². The molecule has 18 heavy (non-hydrogen) atoms. The lowest BCUT2D eigenvalue weighted by Crippen LogP contribution is -2.45. The van der Waals surface area contributed by atoms with Crippen molar-refractivity contribution < 1.29 is 26.9 Å². The third-order valence-corrected chi connectivity index (χ3v) is 2.81. The van der Waals surface area contributed by atoms with Gasteiger partial charge >= 0.3 is 17.1 Å². The highest BCUT2D eigenvalue weighted by molar-refractivity contribution is 7.13. The molecule has 4 nitrogen and oxygen atoms in total. The minimum absolute atomic E-state index is 0. The second kappa shape index (κ2) is 5.33. The van der Waals surface area contributed by atoms with Crippen LogP contribution in [0, 0.1) is 10.1 Å². The molecule has 2 N–H and O–H groups in total. The van der Waals surface area contributed by atoms with Gasteiger partial charge in [-0.2, -0.15) is 22.0 Å². The zero-order valence-electron chi connectivity index (χ0n) is 8.28. The van der Waals surface area contributed by atoms with Crippen LogP contribution in [0.2, 0.25) is 0 Å². The van der Waals surface area contributed by atoms with E-state index in [1.165, 1.54) is 0 Å². The van der Waals surface area contributed by atoms with Crippen molar-refractivity contribution in [1.82, 2.24) is 0 Å². The summed E-state index contributed by atoms with van der Waals surface area (Å²) in [6, 6.07) is -2.05. The number of hydrogen-bond donors (Lipinski definition) is 1. The van der Waals surface area contributed by atoms with E-state index in [0.717, 1.165) is 5.38 Å². The monoisotopic (exact) mass is 312 g/mol. The van der Waals surface area contributed by atoms with Crippen LogP contribution in [-0.2, 0) is 0 Å². The molecule has 0 fully saturated rings. The third-order valence-electron chi connectivity index (χ3n) is 1.91. The summed E-state index contributed by atoms with van der Waals surface area (Å²) in [5.74, 6) is -5.14. The number of nitrogens with zero attached hydrogens (tertiary/aromatic N) is 1. The van der Waals surface area contributed by atoms with Gasteiger partial charge in [-0.05, 0) is 5.56 Å². The molecule has 1 aromatic heterocycles. The SMILES string of the molecule is Cl.N[C@@H](c1csc([N+](=O)[O-])c1)C(F)(F)C(F)(F)F. The van der Waals surface area contributed by atoms with Crippen molar-refractivity contribution in [1.29, 1.82) is 0 Å². The van der Waals surface area contributed by atoms with Crippen molar-refractivity contribution >= 4 is 28.7 Å². The number of thiophene rings is 1. The molecule has 0 aliphatic carbocycles. The number of rotatable bonds is 3. The fraction of sp³-hybridized carbons (Fsp3) is 0.429. The average Bonchev–Trinajstić information content (AvgIpc) is 2.63. The zero-order valence-corrected chi connectivity index (χ0v) is 9.91. The quantitative estimate of drug-likeness (QED) is 0.529. The first-order chi connectivity index (χ1) is 7.57. The Morgan fingerprint density at radius 2 is 1.83 bits per heavy atom. The molecule has 0 radical (unpaired) electrons. The van der Waals surface area contributed by atoms with Gasteiger partial charge in [0.1, 0.15) is 6.04 Å². The highest BCUT2D eigenvalue weighted by Gasteiger charge is 2.61. The van der Waals surface area contributed by atoms with E-state index >= 15 is 0 Å². The Kier molecular flexibility index (Phi) is 5.03. The summed E-state index contributed by atoms with van der Waals surface area (Å²) in [7, 11) is 0. The number of alkyl halides is 5. The van der Waals surface area contributed by atoms with Crippen LogP contribution in [0.3, 0.4) is 0 Å². The highest BCUT2D eigenvalue weighted by atomic mass is 35.5. The van der Waals surface area contributed by atoms with Gasteiger partial charge in [0, 0.05) is 11.4 Å². The highest BCUT2D eigenvalue weighted by Crippen LogP contribution is 2.44. The van der Waals surface area contributed by atoms with Crippen LogP contribution in [0.25, 0.3) is 0 Å². The van der Waals surface area contributed by atoms with Gasteiger partial charge in [-0.3, -0.25) is 10.1 Å². The van der Waals surface area contributed by atoms with E-state index in [0.29, 0.717) is 17.4 Å². The van der Waals surface area contributed by atoms with Gasteiger partial charge in [-0.1, -0.05) is 11.3 Å². The van der Waals surface area contributed by atoms with E-state index in [4.69, 9.17) is 5.73 Å².